The van der Waals surface area contributed by atoms with Gasteiger partial charge >= 0.3 is 0 Å². The highest BCUT2D eigenvalue weighted by molar-refractivity contribution is 5.92. The fourth-order valence-electron chi connectivity index (χ4n) is 6.46. The van der Waals surface area contributed by atoms with E-state index in [-0.39, 0.29) is 0 Å². The van der Waals surface area contributed by atoms with Crippen molar-refractivity contribution in [2.75, 3.05) is 26.3 Å². The SMILES string of the molecule is Cc1cc(-c2[nH]c3ccc(C4CCN(C5CCOCC5)CC4)cc3c2C(C)C)c(C)n2cnnc12. The molecular formula is C29H37N5O. The van der Waals surface area contributed by atoms with Crippen molar-refractivity contribution in [2.24, 2.45) is 0 Å². The first-order chi connectivity index (χ1) is 17.0. The highest BCUT2D eigenvalue weighted by atomic mass is 16.5. The third-order valence-electron chi connectivity index (χ3n) is 8.43. The smallest absolute Gasteiger partial charge is 0.163 e. The molecule has 2 aliphatic rings. The van der Waals surface area contributed by atoms with E-state index in [2.05, 4.69) is 76.4 Å². The van der Waals surface area contributed by atoms with Crippen LogP contribution in [0.2, 0.25) is 0 Å². The molecule has 6 rings (SSSR count). The number of fused-ring (bicyclic) bond motifs is 2. The van der Waals surface area contributed by atoms with Gasteiger partial charge in [0.05, 0.1) is 5.69 Å². The number of aromatic nitrogens is 4. The van der Waals surface area contributed by atoms with E-state index in [9.17, 15) is 0 Å². The van der Waals surface area contributed by atoms with Crippen LogP contribution >= 0.6 is 0 Å². The zero-order valence-electron chi connectivity index (χ0n) is 21.5. The Bertz CT molecular complexity index is 1350. The van der Waals surface area contributed by atoms with Crippen molar-refractivity contribution in [2.45, 2.75) is 71.3 Å². The Balaban J connectivity index is 1.34. The standard InChI is InChI=1S/C29H37N5O/c1-18(2)27-25-16-22(21-7-11-33(12-8-21)23-9-13-35-14-10-23)5-6-26(25)31-28(27)24-15-19(3)29-32-30-17-34(29)20(24)4/h5-6,15-18,21,23,31H,7-14H2,1-4H3. The van der Waals surface area contributed by atoms with E-state index < -0.39 is 0 Å². The quantitative estimate of drug-likeness (QED) is 0.398. The zero-order chi connectivity index (χ0) is 24.1. The Kier molecular flexibility index (Phi) is 5.89. The summed E-state index contributed by atoms with van der Waals surface area (Å²) in [6.45, 7) is 13.2. The molecule has 0 saturated carbocycles. The van der Waals surface area contributed by atoms with E-state index in [1.54, 1.807) is 0 Å². The molecule has 5 heterocycles. The van der Waals surface area contributed by atoms with Gasteiger partial charge in [-0.05, 0) is 99.3 Å². The lowest BCUT2D eigenvalue weighted by atomic mass is 9.86. The molecule has 2 saturated heterocycles. The van der Waals surface area contributed by atoms with E-state index in [0.29, 0.717) is 11.8 Å². The molecule has 0 amide bonds. The molecule has 2 fully saturated rings. The first-order valence-corrected chi connectivity index (χ1v) is 13.3. The lowest BCUT2D eigenvalue weighted by Gasteiger charge is -2.39. The number of aromatic amines is 1. The maximum atomic E-state index is 5.58. The van der Waals surface area contributed by atoms with Gasteiger partial charge in [-0.2, -0.15) is 0 Å². The van der Waals surface area contributed by atoms with Crippen LogP contribution in [0.4, 0.5) is 0 Å². The van der Waals surface area contributed by atoms with E-state index in [0.717, 1.165) is 30.5 Å². The van der Waals surface area contributed by atoms with Crippen molar-refractivity contribution in [1.29, 1.82) is 0 Å². The monoisotopic (exact) mass is 471 g/mol. The normalized spacial score (nSPS) is 18.9. The predicted octanol–water partition coefficient (Wildman–Crippen LogP) is 5.98. The van der Waals surface area contributed by atoms with E-state index in [4.69, 9.17) is 4.74 Å². The van der Waals surface area contributed by atoms with Crippen LogP contribution in [0, 0.1) is 13.8 Å². The molecule has 35 heavy (non-hydrogen) atoms. The summed E-state index contributed by atoms with van der Waals surface area (Å²) < 4.78 is 7.69. The minimum atomic E-state index is 0.417. The number of nitrogens with one attached hydrogen (secondary N) is 1. The first kappa shape index (κ1) is 22.7. The number of hydrogen-bond acceptors (Lipinski definition) is 4. The number of H-pyrrole nitrogens is 1. The van der Waals surface area contributed by atoms with Gasteiger partial charge in [0.25, 0.3) is 0 Å². The van der Waals surface area contributed by atoms with Crippen molar-refractivity contribution < 1.29 is 4.74 Å². The van der Waals surface area contributed by atoms with Gasteiger partial charge in [-0.3, -0.25) is 4.40 Å². The molecule has 0 atom stereocenters. The summed E-state index contributed by atoms with van der Waals surface area (Å²) >= 11 is 0. The van der Waals surface area contributed by atoms with E-state index >= 15 is 0 Å². The van der Waals surface area contributed by atoms with Crippen LogP contribution in [-0.2, 0) is 4.74 Å². The summed E-state index contributed by atoms with van der Waals surface area (Å²) in [5.41, 5.74) is 9.86. The Morgan fingerprint density at radius 1 is 1.03 bits per heavy atom. The number of pyridine rings is 1. The summed E-state index contributed by atoms with van der Waals surface area (Å²) in [4.78, 5) is 6.51. The second-order valence-corrected chi connectivity index (χ2v) is 10.9. The summed E-state index contributed by atoms with van der Waals surface area (Å²) in [7, 11) is 0. The Morgan fingerprint density at radius 3 is 2.54 bits per heavy atom. The molecule has 6 nitrogen and oxygen atoms in total. The number of aryl methyl sites for hydroxylation is 2. The van der Waals surface area contributed by atoms with Gasteiger partial charge in [-0.15, -0.1) is 10.2 Å². The molecule has 1 aromatic carbocycles. The van der Waals surface area contributed by atoms with Crippen LogP contribution in [0.1, 0.15) is 73.8 Å². The molecule has 0 unspecified atom stereocenters. The molecule has 4 aromatic rings. The van der Waals surface area contributed by atoms with Gasteiger partial charge in [-0.25, -0.2) is 0 Å². The summed E-state index contributed by atoms with van der Waals surface area (Å²) in [5, 5.41) is 9.83. The van der Waals surface area contributed by atoms with Crippen molar-refractivity contribution in [3.63, 3.8) is 0 Å². The zero-order valence-corrected chi connectivity index (χ0v) is 21.5. The average Bonchev–Trinajstić information content (AvgIpc) is 3.52. The number of rotatable bonds is 4. The number of ether oxygens (including phenoxy) is 1. The molecule has 0 aliphatic carbocycles. The van der Waals surface area contributed by atoms with Crippen molar-refractivity contribution >= 4 is 16.6 Å². The van der Waals surface area contributed by atoms with Gasteiger partial charge in [0.1, 0.15) is 6.33 Å². The molecule has 0 spiro atoms. The minimum absolute atomic E-state index is 0.417. The van der Waals surface area contributed by atoms with Gasteiger partial charge in [0, 0.05) is 41.4 Å². The molecule has 184 valence electrons. The third kappa shape index (κ3) is 3.97. The minimum Gasteiger partial charge on any atom is -0.381 e. The van der Waals surface area contributed by atoms with Gasteiger partial charge in [0.15, 0.2) is 5.65 Å². The highest BCUT2D eigenvalue weighted by Gasteiger charge is 2.28. The van der Waals surface area contributed by atoms with Gasteiger partial charge in [-0.1, -0.05) is 19.9 Å². The number of likely N-dealkylation sites (tertiary alicyclic amines) is 1. The molecule has 3 aromatic heterocycles. The fourth-order valence-corrected chi connectivity index (χ4v) is 6.46. The van der Waals surface area contributed by atoms with Crippen LogP contribution in [0.25, 0.3) is 27.8 Å². The average molecular weight is 472 g/mol. The van der Waals surface area contributed by atoms with Crippen LogP contribution in [0.5, 0.6) is 0 Å². The molecule has 6 heteroatoms. The lowest BCUT2D eigenvalue weighted by molar-refractivity contribution is 0.0252. The third-order valence-corrected chi connectivity index (χ3v) is 8.43. The van der Waals surface area contributed by atoms with Crippen LogP contribution < -0.4 is 0 Å². The predicted molar refractivity (Wildman–Crippen MR) is 141 cm³/mol. The first-order valence-electron chi connectivity index (χ1n) is 13.3. The second kappa shape index (κ2) is 9.07. The summed E-state index contributed by atoms with van der Waals surface area (Å²) in [6.07, 6.45) is 6.71. The number of hydrogen-bond donors (Lipinski definition) is 1. The maximum absolute atomic E-state index is 5.58. The van der Waals surface area contributed by atoms with Crippen molar-refractivity contribution in [1.82, 2.24) is 24.5 Å². The number of nitrogens with zero attached hydrogens (tertiary/aromatic N) is 4. The Hall–Kier alpha value is -2.70. The fraction of sp³-hybridized carbons (Fsp3) is 0.517. The second-order valence-electron chi connectivity index (χ2n) is 10.9. The maximum Gasteiger partial charge on any atom is 0.163 e. The van der Waals surface area contributed by atoms with E-state index in [1.807, 2.05) is 6.33 Å². The van der Waals surface area contributed by atoms with Crippen molar-refractivity contribution in [3.8, 4) is 11.3 Å². The molecule has 1 N–H and O–H groups in total. The van der Waals surface area contributed by atoms with Gasteiger partial charge < -0.3 is 14.6 Å². The van der Waals surface area contributed by atoms with Crippen LogP contribution in [0.15, 0.2) is 30.6 Å². The summed E-state index contributed by atoms with van der Waals surface area (Å²) in [5.74, 6) is 1.06. The van der Waals surface area contributed by atoms with Crippen LogP contribution in [-0.4, -0.2) is 56.8 Å². The summed E-state index contributed by atoms with van der Waals surface area (Å²) in [6, 6.07) is 10.1. The van der Waals surface area contributed by atoms with Crippen molar-refractivity contribution in [3.05, 3.63) is 53.0 Å². The molecule has 0 radical (unpaired) electrons. The largest absolute Gasteiger partial charge is 0.381 e. The number of piperidine rings is 1. The van der Waals surface area contributed by atoms with Gasteiger partial charge in [0.2, 0.25) is 0 Å². The Morgan fingerprint density at radius 2 is 1.80 bits per heavy atom. The van der Waals surface area contributed by atoms with E-state index in [1.165, 1.54) is 77.8 Å². The topological polar surface area (TPSA) is 58.5 Å². The number of benzene rings is 1. The molecule has 2 aliphatic heterocycles. The van der Waals surface area contributed by atoms with Crippen LogP contribution in [0.3, 0.4) is 0 Å². The molecular weight excluding hydrogens is 434 g/mol. The highest BCUT2D eigenvalue weighted by Crippen LogP contribution is 2.40. The molecule has 0 bridgehead atoms. The Labute approximate surface area is 207 Å². The lowest BCUT2D eigenvalue weighted by Crippen LogP contribution is -2.43.